The van der Waals surface area contributed by atoms with Gasteiger partial charge in [0.2, 0.25) is 0 Å². The van der Waals surface area contributed by atoms with Gasteiger partial charge in [-0.05, 0) is 37.8 Å². The minimum absolute atomic E-state index is 0.121. The van der Waals surface area contributed by atoms with Crippen LogP contribution in [-0.2, 0) is 0 Å². The zero-order valence-electron chi connectivity index (χ0n) is 9.10. The molecule has 82 valence electrons. The first kappa shape index (κ1) is 11.1. The Morgan fingerprint density at radius 3 is 2.53 bits per heavy atom. The summed E-state index contributed by atoms with van der Waals surface area (Å²) in [5.41, 5.74) is 1.03. The van der Waals surface area contributed by atoms with Crippen molar-refractivity contribution < 1.29 is 4.74 Å². The van der Waals surface area contributed by atoms with Crippen LogP contribution in [0, 0.1) is 0 Å². The summed E-state index contributed by atoms with van der Waals surface area (Å²) in [5.74, 6) is 1.33. The normalized spacial score (nSPS) is 23.1. The maximum Gasteiger partial charge on any atom is 0.125 e. The predicted octanol–water partition coefficient (Wildman–Crippen LogP) is 4.66. The van der Waals surface area contributed by atoms with Crippen molar-refractivity contribution in [2.75, 3.05) is 0 Å². The van der Waals surface area contributed by atoms with Crippen LogP contribution in [0.2, 0.25) is 10.0 Å². The van der Waals surface area contributed by atoms with Crippen LogP contribution in [0.15, 0.2) is 12.1 Å². The summed E-state index contributed by atoms with van der Waals surface area (Å²) in [4.78, 5) is 0. The van der Waals surface area contributed by atoms with Gasteiger partial charge in [0.1, 0.15) is 11.4 Å². The molecule has 0 aliphatic carbocycles. The van der Waals surface area contributed by atoms with Crippen molar-refractivity contribution >= 4 is 23.2 Å². The Hall–Kier alpha value is -0.400. The Bertz CT molecular complexity index is 399. The zero-order valence-corrected chi connectivity index (χ0v) is 10.6. The lowest BCUT2D eigenvalue weighted by atomic mass is 9.86. The second kappa shape index (κ2) is 3.57. The summed E-state index contributed by atoms with van der Waals surface area (Å²) in [7, 11) is 0. The molecule has 0 bridgehead atoms. The Morgan fingerprint density at radius 1 is 1.27 bits per heavy atom. The SMILES string of the molecule is CC1CC(C)(C)Oc2cc(Cl)c(Cl)cc21. The highest BCUT2D eigenvalue weighted by Gasteiger charge is 2.31. The minimum atomic E-state index is -0.121. The Kier molecular flexibility index (Phi) is 2.64. The number of halogens is 2. The van der Waals surface area contributed by atoms with Gasteiger partial charge in [0.05, 0.1) is 10.0 Å². The molecule has 0 aromatic heterocycles. The Morgan fingerprint density at radius 2 is 1.87 bits per heavy atom. The van der Waals surface area contributed by atoms with E-state index in [2.05, 4.69) is 20.8 Å². The van der Waals surface area contributed by atoms with Crippen molar-refractivity contribution in [3.63, 3.8) is 0 Å². The fraction of sp³-hybridized carbons (Fsp3) is 0.500. The van der Waals surface area contributed by atoms with E-state index in [1.165, 1.54) is 0 Å². The van der Waals surface area contributed by atoms with Crippen LogP contribution in [0.5, 0.6) is 5.75 Å². The average Bonchev–Trinajstić information content (AvgIpc) is 2.07. The quantitative estimate of drug-likeness (QED) is 0.646. The molecule has 1 aliphatic rings. The van der Waals surface area contributed by atoms with Gasteiger partial charge in [-0.2, -0.15) is 0 Å². The van der Waals surface area contributed by atoms with Crippen molar-refractivity contribution in [1.29, 1.82) is 0 Å². The smallest absolute Gasteiger partial charge is 0.125 e. The second-order valence-electron chi connectivity index (χ2n) is 4.77. The molecule has 1 nitrogen and oxygen atoms in total. The van der Waals surface area contributed by atoms with E-state index >= 15 is 0 Å². The summed E-state index contributed by atoms with van der Waals surface area (Å²) in [6, 6.07) is 3.73. The van der Waals surface area contributed by atoms with E-state index in [1.54, 1.807) is 0 Å². The van der Waals surface area contributed by atoms with Gasteiger partial charge in [0.25, 0.3) is 0 Å². The van der Waals surface area contributed by atoms with Gasteiger partial charge in [0.15, 0.2) is 0 Å². The molecule has 1 aromatic rings. The highest BCUT2D eigenvalue weighted by molar-refractivity contribution is 6.42. The first-order chi connectivity index (χ1) is 6.89. The molecule has 3 heteroatoms. The molecule has 0 saturated heterocycles. The summed E-state index contributed by atoms with van der Waals surface area (Å²) in [6.45, 7) is 6.37. The lowest BCUT2D eigenvalue weighted by molar-refractivity contribution is 0.0747. The van der Waals surface area contributed by atoms with E-state index in [9.17, 15) is 0 Å². The van der Waals surface area contributed by atoms with Crippen LogP contribution < -0.4 is 4.74 Å². The lowest BCUT2D eigenvalue weighted by Gasteiger charge is -2.36. The Labute approximate surface area is 100 Å². The maximum absolute atomic E-state index is 5.99. The average molecular weight is 245 g/mol. The second-order valence-corrected chi connectivity index (χ2v) is 5.59. The van der Waals surface area contributed by atoms with Crippen molar-refractivity contribution in [2.45, 2.75) is 38.7 Å². The molecule has 1 aliphatic heterocycles. The number of hydrogen-bond acceptors (Lipinski definition) is 1. The topological polar surface area (TPSA) is 9.23 Å². The first-order valence-corrected chi connectivity index (χ1v) is 5.82. The predicted molar refractivity (Wildman–Crippen MR) is 64.2 cm³/mol. The summed E-state index contributed by atoms with van der Waals surface area (Å²) < 4.78 is 5.88. The van der Waals surface area contributed by atoms with Crippen molar-refractivity contribution in [3.8, 4) is 5.75 Å². The highest BCUT2D eigenvalue weighted by atomic mass is 35.5. The molecule has 0 saturated carbocycles. The van der Waals surface area contributed by atoms with Crippen LogP contribution in [0.25, 0.3) is 0 Å². The fourth-order valence-corrected chi connectivity index (χ4v) is 2.53. The molecule has 1 atom stereocenters. The standard InChI is InChI=1S/C12H14Cl2O/c1-7-6-12(2,3)15-11-5-10(14)9(13)4-8(7)11/h4-5,7H,6H2,1-3H3. The van der Waals surface area contributed by atoms with Gasteiger partial charge >= 0.3 is 0 Å². The number of fused-ring (bicyclic) bond motifs is 1. The Balaban J connectivity index is 2.51. The molecule has 0 N–H and O–H groups in total. The summed E-state index contributed by atoms with van der Waals surface area (Å²) in [5, 5.41) is 1.16. The summed E-state index contributed by atoms with van der Waals surface area (Å²) >= 11 is 12.0. The highest BCUT2D eigenvalue weighted by Crippen LogP contribution is 2.43. The van der Waals surface area contributed by atoms with E-state index in [1.807, 2.05) is 12.1 Å². The molecule has 0 radical (unpaired) electrons. The largest absolute Gasteiger partial charge is 0.487 e. The molecule has 1 aromatic carbocycles. The fourth-order valence-electron chi connectivity index (χ4n) is 2.20. The number of rotatable bonds is 0. The molecule has 15 heavy (non-hydrogen) atoms. The zero-order chi connectivity index (χ0) is 11.2. The molecular weight excluding hydrogens is 231 g/mol. The number of benzene rings is 1. The third-order valence-corrected chi connectivity index (χ3v) is 3.49. The minimum Gasteiger partial charge on any atom is -0.487 e. The molecule has 1 heterocycles. The van der Waals surface area contributed by atoms with E-state index in [0.29, 0.717) is 16.0 Å². The lowest BCUT2D eigenvalue weighted by Crippen LogP contribution is -2.34. The third-order valence-electron chi connectivity index (χ3n) is 2.77. The molecule has 0 amide bonds. The van der Waals surface area contributed by atoms with Gasteiger partial charge in [-0.1, -0.05) is 30.1 Å². The molecule has 0 spiro atoms. The number of ether oxygens (including phenoxy) is 1. The first-order valence-electron chi connectivity index (χ1n) is 5.07. The van der Waals surface area contributed by atoms with Gasteiger partial charge in [0, 0.05) is 6.07 Å². The van der Waals surface area contributed by atoms with E-state index in [-0.39, 0.29) is 5.60 Å². The molecule has 1 unspecified atom stereocenters. The van der Waals surface area contributed by atoms with E-state index in [0.717, 1.165) is 17.7 Å². The van der Waals surface area contributed by atoms with Gasteiger partial charge in [-0.3, -0.25) is 0 Å². The van der Waals surface area contributed by atoms with Crippen molar-refractivity contribution in [3.05, 3.63) is 27.7 Å². The van der Waals surface area contributed by atoms with Crippen molar-refractivity contribution in [1.82, 2.24) is 0 Å². The monoisotopic (exact) mass is 244 g/mol. The maximum atomic E-state index is 5.99. The van der Waals surface area contributed by atoms with Crippen molar-refractivity contribution in [2.24, 2.45) is 0 Å². The van der Waals surface area contributed by atoms with E-state index < -0.39 is 0 Å². The van der Waals surface area contributed by atoms with Crippen LogP contribution in [-0.4, -0.2) is 5.60 Å². The van der Waals surface area contributed by atoms with Gasteiger partial charge in [-0.15, -0.1) is 0 Å². The third kappa shape index (κ3) is 2.09. The molecular formula is C12H14Cl2O. The van der Waals surface area contributed by atoms with Crippen LogP contribution in [0.1, 0.15) is 38.7 Å². The van der Waals surface area contributed by atoms with Crippen LogP contribution in [0.3, 0.4) is 0 Å². The van der Waals surface area contributed by atoms with Gasteiger partial charge < -0.3 is 4.74 Å². The van der Waals surface area contributed by atoms with E-state index in [4.69, 9.17) is 27.9 Å². The van der Waals surface area contributed by atoms with Gasteiger partial charge in [-0.25, -0.2) is 0 Å². The molecule has 2 rings (SSSR count). The van der Waals surface area contributed by atoms with Crippen LogP contribution in [0.4, 0.5) is 0 Å². The van der Waals surface area contributed by atoms with Crippen LogP contribution >= 0.6 is 23.2 Å². The molecule has 0 fully saturated rings. The number of hydrogen-bond donors (Lipinski definition) is 0. The summed E-state index contributed by atoms with van der Waals surface area (Å²) in [6.07, 6.45) is 0.998.